The fraction of sp³-hybridized carbons (Fsp3) is 0.462. The molecule has 0 fully saturated rings. The Morgan fingerprint density at radius 3 is 2.57 bits per heavy atom. The van der Waals surface area contributed by atoms with E-state index in [1.807, 2.05) is 0 Å². The minimum absolute atomic E-state index is 0.161. The summed E-state index contributed by atoms with van der Waals surface area (Å²) < 4.78 is 32.7. The van der Waals surface area contributed by atoms with Gasteiger partial charge < -0.3 is 9.63 Å². The molecule has 6 nitrogen and oxygen atoms in total. The van der Waals surface area contributed by atoms with E-state index in [0.717, 1.165) is 22.5 Å². The summed E-state index contributed by atoms with van der Waals surface area (Å²) in [5.41, 5.74) is 2.18. The molecule has 1 unspecified atom stereocenters. The van der Waals surface area contributed by atoms with Gasteiger partial charge in [0.05, 0.1) is 12.3 Å². The van der Waals surface area contributed by atoms with Crippen molar-refractivity contribution in [2.45, 2.75) is 44.6 Å². The lowest BCUT2D eigenvalue weighted by atomic mass is 10.1. The van der Waals surface area contributed by atoms with E-state index in [2.05, 4.69) is 9.88 Å². The Morgan fingerprint density at radius 2 is 2.10 bits per heavy atom. The highest BCUT2D eigenvalue weighted by Gasteiger charge is 2.25. The first-order chi connectivity index (χ1) is 9.76. The number of aromatic nitrogens is 1. The van der Waals surface area contributed by atoms with Gasteiger partial charge in [-0.25, -0.2) is 13.1 Å². The van der Waals surface area contributed by atoms with Crippen LogP contribution < -0.4 is 4.72 Å². The SMILES string of the molecule is Cc1cc(S(=O)(=O)NC(C)c2c(C)noc2C)sc1CO. The van der Waals surface area contributed by atoms with Gasteiger partial charge in [-0.1, -0.05) is 5.16 Å². The average Bonchev–Trinajstić information content (AvgIpc) is 2.92. The van der Waals surface area contributed by atoms with Gasteiger partial charge in [-0.3, -0.25) is 0 Å². The van der Waals surface area contributed by atoms with Crippen LogP contribution in [0.5, 0.6) is 0 Å². The fourth-order valence-electron chi connectivity index (χ4n) is 2.24. The zero-order valence-corrected chi connectivity index (χ0v) is 13.9. The number of rotatable bonds is 5. The van der Waals surface area contributed by atoms with Gasteiger partial charge in [0.1, 0.15) is 9.97 Å². The highest BCUT2D eigenvalue weighted by atomic mass is 32.2. The molecule has 2 aromatic heterocycles. The quantitative estimate of drug-likeness (QED) is 0.876. The molecule has 2 N–H and O–H groups in total. The maximum atomic E-state index is 12.4. The summed E-state index contributed by atoms with van der Waals surface area (Å²) in [4.78, 5) is 0.653. The lowest BCUT2D eigenvalue weighted by Crippen LogP contribution is -2.26. The van der Waals surface area contributed by atoms with Gasteiger partial charge in [0.25, 0.3) is 10.0 Å². The second-order valence-electron chi connectivity index (χ2n) is 4.91. The summed E-state index contributed by atoms with van der Waals surface area (Å²) in [6.07, 6.45) is 0. The van der Waals surface area contributed by atoms with E-state index in [-0.39, 0.29) is 10.8 Å². The second kappa shape index (κ2) is 5.88. The molecule has 21 heavy (non-hydrogen) atoms. The van der Waals surface area contributed by atoms with E-state index < -0.39 is 16.1 Å². The summed E-state index contributed by atoms with van der Waals surface area (Å²) >= 11 is 1.07. The number of sulfonamides is 1. The highest BCUT2D eigenvalue weighted by molar-refractivity contribution is 7.91. The van der Waals surface area contributed by atoms with Crippen LogP contribution in [-0.2, 0) is 16.6 Å². The average molecular weight is 330 g/mol. The molecule has 0 radical (unpaired) electrons. The van der Waals surface area contributed by atoms with Crippen molar-refractivity contribution in [2.75, 3.05) is 0 Å². The third-order valence-corrected chi connectivity index (χ3v) is 6.50. The lowest BCUT2D eigenvalue weighted by molar-refractivity contribution is 0.285. The Balaban J connectivity index is 2.28. The number of hydrogen-bond donors (Lipinski definition) is 2. The second-order valence-corrected chi connectivity index (χ2v) is 7.99. The summed E-state index contributed by atoms with van der Waals surface area (Å²) in [5, 5.41) is 13.0. The third kappa shape index (κ3) is 3.18. The van der Waals surface area contributed by atoms with E-state index in [1.54, 1.807) is 33.8 Å². The van der Waals surface area contributed by atoms with Crippen LogP contribution in [0.3, 0.4) is 0 Å². The molecular formula is C13H18N2O4S2. The first-order valence-electron chi connectivity index (χ1n) is 6.41. The first-order valence-corrected chi connectivity index (χ1v) is 8.71. The van der Waals surface area contributed by atoms with Crippen LogP contribution >= 0.6 is 11.3 Å². The molecule has 0 aliphatic rings. The molecule has 0 spiro atoms. The molecule has 2 rings (SSSR count). The van der Waals surface area contributed by atoms with E-state index >= 15 is 0 Å². The number of aryl methyl sites for hydroxylation is 3. The van der Waals surface area contributed by atoms with Gasteiger partial charge in [-0.15, -0.1) is 11.3 Å². The molecule has 8 heteroatoms. The number of nitrogens with one attached hydrogen (secondary N) is 1. The summed E-state index contributed by atoms with van der Waals surface area (Å²) in [6.45, 7) is 6.89. The van der Waals surface area contributed by atoms with Crippen LogP contribution in [0.4, 0.5) is 0 Å². The zero-order chi connectivity index (χ0) is 15.8. The van der Waals surface area contributed by atoms with Crippen LogP contribution in [0.25, 0.3) is 0 Å². The highest BCUT2D eigenvalue weighted by Crippen LogP contribution is 2.28. The molecule has 0 aliphatic heterocycles. The normalized spacial score (nSPS) is 13.6. The van der Waals surface area contributed by atoms with Gasteiger partial charge in [-0.05, 0) is 39.3 Å². The predicted molar refractivity (Wildman–Crippen MR) is 79.7 cm³/mol. The van der Waals surface area contributed by atoms with E-state index in [9.17, 15) is 13.5 Å². The number of hydrogen-bond acceptors (Lipinski definition) is 6. The van der Waals surface area contributed by atoms with Crippen molar-refractivity contribution in [2.24, 2.45) is 0 Å². The van der Waals surface area contributed by atoms with Crippen molar-refractivity contribution in [1.82, 2.24) is 9.88 Å². The molecule has 0 saturated carbocycles. The van der Waals surface area contributed by atoms with Crippen molar-refractivity contribution in [3.63, 3.8) is 0 Å². The molecule has 116 valence electrons. The molecule has 0 aliphatic carbocycles. The number of aliphatic hydroxyl groups is 1. The number of thiophene rings is 1. The van der Waals surface area contributed by atoms with Crippen molar-refractivity contribution in [3.8, 4) is 0 Å². The lowest BCUT2D eigenvalue weighted by Gasteiger charge is -2.13. The standard InChI is InChI=1S/C13H18N2O4S2/c1-7-5-12(20-11(7)6-16)21(17,18)15-9(3)13-8(2)14-19-10(13)4/h5,9,15-16H,6H2,1-4H3. The van der Waals surface area contributed by atoms with E-state index in [4.69, 9.17) is 4.52 Å². The smallest absolute Gasteiger partial charge is 0.250 e. The Morgan fingerprint density at radius 1 is 1.43 bits per heavy atom. The monoisotopic (exact) mass is 330 g/mol. The van der Waals surface area contributed by atoms with Crippen LogP contribution in [0.15, 0.2) is 14.8 Å². The topological polar surface area (TPSA) is 92.4 Å². The van der Waals surface area contributed by atoms with Crippen LogP contribution in [0.1, 0.15) is 40.4 Å². The molecule has 0 amide bonds. The molecule has 2 aromatic rings. The van der Waals surface area contributed by atoms with Crippen molar-refractivity contribution >= 4 is 21.4 Å². The zero-order valence-electron chi connectivity index (χ0n) is 12.3. The van der Waals surface area contributed by atoms with Gasteiger partial charge in [0.15, 0.2) is 0 Å². The minimum Gasteiger partial charge on any atom is -0.391 e. The number of nitrogens with zero attached hydrogens (tertiary/aromatic N) is 1. The Bertz CT molecular complexity index is 727. The minimum atomic E-state index is -3.64. The van der Waals surface area contributed by atoms with Crippen LogP contribution in [0, 0.1) is 20.8 Å². The Hall–Kier alpha value is -1.22. The van der Waals surface area contributed by atoms with Crippen molar-refractivity contribution < 1.29 is 18.0 Å². The molecule has 0 aromatic carbocycles. The van der Waals surface area contributed by atoms with Gasteiger partial charge >= 0.3 is 0 Å². The Kier molecular flexibility index (Phi) is 4.52. The maximum absolute atomic E-state index is 12.4. The van der Waals surface area contributed by atoms with Gasteiger partial charge in [0, 0.05) is 16.5 Å². The fourth-order valence-corrected chi connectivity index (χ4v) is 4.92. The summed E-state index contributed by atoms with van der Waals surface area (Å²) in [6, 6.07) is 1.12. The third-order valence-electron chi connectivity index (χ3n) is 3.26. The molecular weight excluding hydrogens is 312 g/mol. The largest absolute Gasteiger partial charge is 0.391 e. The molecule has 0 saturated heterocycles. The predicted octanol–water partition coefficient (Wildman–Crippen LogP) is 2.19. The summed E-state index contributed by atoms with van der Waals surface area (Å²) in [7, 11) is -3.64. The number of aliphatic hydroxyl groups excluding tert-OH is 1. The van der Waals surface area contributed by atoms with Crippen LogP contribution in [-0.4, -0.2) is 18.7 Å². The van der Waals surface area contributed by atoms with Crippen molar-refractivity contribution in [3.05, 3.63) is 33.5 Å². The molecule has 0 bridgehead atoms. The van der Waals surface area contributed by atoms with E-state index in [1.165, 1.54) is 0 Å². The Labute approximate surface area is 127 Å². The van der Waals surface area contributed by atoms with Gasteiger partial charge in [0.2, 0.25) is 0 Å². The van der Waals surface area contributed by atoms with Crippen LogP contribution in [0.2, 0.25) is 0 Å². The molecule has 2 heterocycles. The summed E-state index contributed by atoms with van der Waals surface area (Å²) in [5.74, 6) is 0.598. The van der Waals surface area contributed by atoms with Gasteiger partial charge in [-0.2, -0.15) is 0 Å². The van der Waals surface area contributed by atoms with E-state index in [0.29, 0.717) is 16.3 Å². The maximum Gasteiger partial charge on any atom is 0.250 e. The van der Waals surface area contributed by atoms with Crippen molar-refractivity contribution in [1.29, 1.82) is 0 Å². The first kappa shape index (κ1) is 16.2. The molecule has 1 atom stereocenters.